The third kappa shape index (κ3) is 6.51. The number of allylic oxidation sites excluding steroid dienone is 4. The molecule has 0 bridgehead atoms. The van der Waals surface area contributed by atoms with E-state index >= 15 is 0 Å². The molecule has 0 amide bonds. The fraction of sp³-hybridized carbons (Fsp3) is 0.224. The van der Waals surface area contributed by atoms with Crippen molar-refractivity contribution in [2.24, 2.45) is 0 Å². The van der Waals surface area contributed by atoms with Gasteiger partial charge in [0, 0.05) is 0 Å². The first kappa shape index (κ1) is 40.8. The first-order valence-corrected chi connectivity index (χ1v) is 20.2. The molecule has 0 heterocycles. The van der Waals surface area contributed by atoms with Crippen LogP contribution in [0.4, 0.5) is 0 Å². The van der Waals surface area contributed by atoms with Crippen LogP contribution in [0.2, 0.25) is 10.0 Å². The van der Waals surface area contributed by atoms with Gasteiger partial charge in [0.05, 0.1) is 0 Å². The average Bonchev–Trinajstić information content (AvgIpc) is 3.71. The molecule has 6 aromatic carbocycles. The number of hydrogen-bond acceptors (Lipinski definition) is 0. The number of fused-ring (bicyclic) bond motifs is 4. The topological polar surface area (TPSA) is 0 Å². The van der Waals surface area contributed by atoms with Gasteiger partial charge in [0.2, 0.25) is 0 Å². The normalized spacial score (nSPS) is 13.5. The molecule has 0 saturated carbocycles. The Morgan fingerprint density at radius 2 is 1.19 bits per heavy atom. The fourth-order valence-corrected chi connectivity index (χ4v) is 10.7. The molecule has 8 rings (SSSR count). The predicted octanol–water partition coefficient (Wildman–Crippen LogP) is 6.41. The number of aryl methyl sites for hydroxylation is 1. The molecule has 6 aromatic rings. The SMILES string of the molecule is Cc1cc2c(cc1C(C)(C)C)=c1c(c(C3=CC=CC3)c(C)c(C(C)(C)C)c1=C(c1cccc3c(Cl)cccc13)c1cccc3c(Cl)cccc13)[C]=2[Zr+2].[Cl-].[Cl-]. The van der Waals surface area contributed by atoms with Gasteiger partial charge in [0.25, 0.3) is 0 Å². The Bertz CT molecular complexity index is 2740. The third-order valence-electron chi connectivity index (χ3n) is 11.1. The summed E-state index contributed by atoms with van der Waals surface area (Å²) < 4.78 is 1.44. The van der Waals surface area contributed by atoms with E-state index < -0.39 is 0 Å². The molecule has 0 radical (unpaired) electrons. The zero-order chi connectivity index (χ0) is 36.9. The van der Waals surface area contributed by atoms with E-state index in [1.807, 2.05) is 12.1 Å². The van der Waals surface area contributed by atoms with Crippen LogP contribution >= 0.6 is 23.2 Å². The Hall–Kier alpha value is -2.90. The van der Waals surface area contributed by atoms with Crippen molar-refractivity contribution in [2.75, 3.05) is 0 Å². The molecule has 5 heteroatoms. The summed E-state index contributed by atoms with van der Waals surface area (Å²) in [5.41, 5.74) is 13.1. The molecule has 54 heavy (non-hydrogen) atoms. The van der Waals surface area contributed by atoms with Gasteiger partial charge in [-0.3, -0.25) is 0 Å². The fourth-order valence-electron chi connectivity index (χ4n) is 9.07. The van der Waals surface area contributed by atoms with Gasteiger partial charge in [-0.05, 0) is 0 Å². The number of halogens is 4. The maximum absolute atomic E-state index is 6.98. The monoisotopic (exact) mass is 861 g/mol. The zero-order valence-corrected chi connectivity index (χ0v) is 37.5. The van der Waals surface area contributed by atoms with E-state index in [0.29, 0.717) is 0 Å². The van der Waals surface area contributed by atoms with Crippen LogP contribution in [-0.4, -0.2) is 0 Å². The van der Waals surface area contributed by atoms with Gasteiger partial charge >= 0.3 is 335 Å². The Labute approximate surface area is 357 Å². The summed E-state index contributed by atoms with van der Waals surface area (Å²) in [6.45, 7) is 18.9. The van der Waals surface area contributed by atoms with Crippen molar-refractivity contribution < 1.29 is 49.5 Å². The van der Waals surface area contributed by atoms with Crippen molar-refractivity contribution >= 4 is 59.2 Å². The van der Waals surface area contributed by atoms with E-state index in [0.717, 1.165) is 38.0 Å². The molecule has 2 aliphatic rings. The Morgan fingerprint density at radius 3 is 1.69 bits per heavy atom. The maximum atomic E-state index is 6.98. The van der Waals surface area contributed by atoms with E-state index in [1.165, 1.54) is 105 Å². The standard InChI is InChI=1S/C49H43Cl2.2ClH.Zr/c1-28-25-31-26-39-43(30-15-9-10-16-30)29(2)47(49(6,7)8)46(45(39)38(31)27-40(28)48(3,4)5)44(36-21-11-19-34-32(36)17-13-23-41(34)50)37-22-12-20-35-33(37)18-14-24-42(35)51;;;/h9-15,17-25,27H,16H2,1-8H3;2*1H;/q;;;+2/p-2. The van der Waals surface area contributed by atoms with E-state index in [1.54, 1.807) is 0 Å². The van der Waals surface area contributed by atoms with Gasteiger partial charge in [0.1, 0.15) is 0 Å². The van der Waals surface area contributed by atoms with Crippen LogP contribution in [0.3, 0.4) is 0 Å². The summed E-state index contributed by atoms with van der Waals surface area (Å²) in [5.74, 6) is 0. The van der Waals surface area contributed by atoms with Gasteiger partial charge in [0.15, 0.2) is 0 Å². The van der Waals surface area contributed by atoms with E-state index in [2.05, 4.69) is 146 Å². The summed E-state index contributed by atoms with van der Waals surface area (Å²) in [7, 11) is 0. The van der Waals surface area contributed by atoms with Crippen molar-refractivity contribution in [2.45, 2.75) is 72.6 Å². The molecule has 271 valence electrons. The summed E-state index contributed by atoms with van der Waals surface area (Å²) in [5, 5.41) is 11.3. The Kier molecular flexibility index (Phi) is 11.2. The molecular formula is C49H43Cl4Zr. The molecular weight excluding hydrogens is 822 g/mol. The second-order valence-electron chi connectivity index (χ2n) is 16.6. The van der Waals surface area contributed by atoms with Gasteiger partial charge in [-0.2, -0.15) is 0 Å². The minimum Gasteiger partial charge on any atom is -1.00 e. The first-order chi connectivity index (χ1) is 24.7. The molecule has 0 spiro atoms. The Morgan fingerprint density at radius 1 is 0.648 bits per heavy atom. The molecule has 0 saturated heterocycles. The van der Waals surface area contributed by atoms with Crippen LogP contribution in [0.25, 0.3) is 36.0 Å². The summed E-state index contributed by atoms with van der Waals surface area (Å²) in [4.78, 5) is 0. The van der Waals surface area contributed by atoms with Crippen LogP contribution in [0, 0.1) is 24.3 Å². The third-order valence-corrected chi connectivity index (χ3v) is 13.0. The number of hydrogen-bond donors (Lipinski definition) is 0. The predicted molar refractivity (Wildman–Crippen MR) is 220 cm³/mol. The van der Waals surface area contributed by atoms with Gasteiger partial charge in [-0.25, -0.2) is 0 Å². The van der Waals surface area contributed by atoms with E-state index in [4.69, 9.17) is 23.2 Å². The second kappa shape index (κ2) is 14.9. The van der Waals surface area contributed by atoms with Gasteiger partial charge in [-0.1, -0.05) is 0 Å². The number of benzene rings is 6. The summed E-state index contributed by atoms with van der Waals surface area (Å²) >= 11 is 15.4. The Balaban J connectivity index is 0.00000249. The van der Waals surface area contributed by atoms with Crippen LogP contribution in [0.15, 0.2) is 103 Å². The molecule has 0 aromatic heterocycles. The average molecular weight is 865 g/mol. The molecule has 0 unspecified atom stereocenters. The van der Waals surface area contributed by atoms with Crippen molar-refractivity contribution in [3.8, 4) is 0 Å². The minimum atomic E-state index is -0.187. The first-order valence-electron chi connectivity index (χ1n) is 18.2. The molecule has 0 nitrogen and oxygen atoms in total. The van der Waals surface area contributed by atoms with E-state index in [-0.39, 0.29) is 35.6 Å². The van der Waals surface area contributed by atoms with Crippen molar-refractivity contribution in [3.05, 3.63) is 179 Å². The molecule has 0 atom stereocenters. The van der Waals surface area contributed by atoms with Crippen LogP contribution in [0.5, 0.6) is 0 Å². The molecule has 2 aliphatic carbocycles. The summed E-state index contributed by atoms with van der Waals surface area (Å²) in [6, 6.07) is 30.9. The van der Waals surface area contributed by atoms with Crippen molar-refractivity contribution in [1.82, 2.24) is 0 Å². The van der Waals surface area contributed by atoms with Crippen molar-refractivity contribution in [3.63, 3.8) is 0 Å². The van der Waals surface area contributed by atoms with Gasteiger partial charge in [-0.15, -0.1) is 0 Å². The maximum Gasteiger partial charge on any atom is -1.00 e. The van der Waals surface area contributed by atoms with Gasteiger partial charge < -0.3 is 24.8 Å². The molecule has 0 aliphatic heterocycles. The molecule has 0 N–H and O–H groups in total. The second-order valence-corrected chi connectivity index (χ2v) is 18.6. The van der Waals surface area contributed by atoms with Crippen LogP contribution in [-0.2, 0) is 35.5 Å². The van der Waals surface area contributed by atoms with Crippen LogP contribution in [0.1, 0.15) is 92.5 Å². The van der Waals surface area contributed by atoms with Crippen LogP contribution < -0.4 is 35.3 Å². The zero-order valence-electron chi connectivity index (χ0n) is 32.0. The minimum absolute atomic E-state index is 0. The largest absolute Gasteiger partial charge is 1.00 e. The van der Waals surface area contributed by atoms with Crippen molar-refractivity contribution in [1.29, 1.82) is 0 Å². The quantitative estimate of drug-likeness (QED) is 0.193. The summed E-state index contributed by atoms with van der Waals surface area (Å²) in [6.07, 6.45) is 7.82. The van der Waals surface area contributed by atoms with E-state index in [9.17, 15) is 0 Å². The number of rotatable bonds is 3. The molecule has 0 fully saturated rings. The smallest absolute Gasteiger partial charge is 1.00 e.